The highest BCUT2D eigenvalue weighted by Gasteiger charge is 2.21. The molecule has 1 aliphatic heterocycles. The summed E-state index contributed by atoms with van der Waals surface area (Å²) in [6, 6.07) is 2.83. The molecule has 4 heteroatoms. The molecule has 1 N–H and O–H groups in total. The molecule has 1 amide bonds. The van der Waals surface area contributed by atoms with Crippen molar-refractivity contribution in [2.24, 2.45) is 0 Å². The van der Waals surface area contributed by atoms with Crippen LogP contribution in [0.25, 0.3) is 0 Å². The highest BCUT2D eigenvalue weighted by atomic mass is 35.5. The summed E-state index contributed by atoms with van der Waals surface area (Å²) in [6.45, 7) is 0. The lowest BCUT2D eigenvalue weighted by Gasteiger charge is -2.01. The minimum atomic E-state index is -0.502. The fourth-order valence-electron chi connectivity index (χ4n) is 1.23. The summed E-state index contributed by atoms with van der Waals surface area (Å²) in [6.07, 6.45) is 0.287. The quantitative estimate of drug-likeness (QED) is 0.658. The zero-order chi connectivity index (χ0) is 8.72. The van der Waals surface area contributed by atoms with Crippen LogP contribution >= 0.6 is 11.6 Å². The predicted molar refractivity (Wildman–Crippen MR) is 43.7 cm³/mol. The van der Waals surface area contributed by atoms with Crippen molar-refractivity contribution < 1.29 is 9.18 Å². The Labute approximate surface area is 73.3 Å². The number of carbonyl (C=O) groups excluding carboxylic acids is 1. The van der Waals surface area contributed by atoms with Crippen molar-refractivity contribution in [1.29, 1.82) is 0 Å². The molecule has 0 fully saturated rings. The van der Waals surface area contributed by atoms with Gasteiger partial charge < -0.3 is 5.32 Å². The van der Waals surface area contributed by atoms with Gasteiger partial charge >= 0.3 is 0 Å². The summed E-state index contributed by atoms with van der Waals surface area (Å²) in [5.74, 6) is -0.643. The van der Waals surface area contributed by atoms with Crippen LogP contribution in [0.3, 0.4) is 0 Å². The van der Waals surface area contributed by atoms with E-state index in [0.29, 0.717) is 5.69 Å². The molecule has 0 aromatic heterocycles. The molecule has 1 aliphatic rings. The van der Waals surface area contributed by atoms with Crippen LogP contribution < -0.4 is 5.32 Å². The smallest absolute Gasteiger partial charge is 0.228 e. The van der Waals surface area contributed by atoms with E-state index in [0.717, 1.165) is 5.56 Å². The molecule has 2 rings (SSSR count). The van der Waals surface area contributed by atoms with Gasteiger partial charge in [0.15, 0.2) is 0 Å². The predicted octanol–water partition coefficient (Wildman–Crippen LogP) is 1.97. The molecule has 62 valence electrons. The first kappa shape index (κ1) is 7.55. The maximum atomic E-state index is 12.8. The van der Waals surface area contributed by atoms with Crippen molar-refractivity contribution in [3.05, 3.63) is 28.5 Å². The van der Waals surface area contributed by atoms with E-state index in [9.17, 15) is 9.18 Å². The lowest BCUT2D eigenvalue weighted by Crippen LogP contribution is -2.03. The topological polar surface area (TPSA) is 29.1 Å². The summed E-state index contributed by atoms with van der Waals surface area (Å²) in [5.41, 5.74) is 1.17. The number of fused-ring (bicyclic) bond motifs is 1. The van der Waals surface area contributed by atoms with Crippen molar-refractivity contribution in [3.63, 3.8) is 0 Å². The standard InChI is InChI=1S/C8H5ClFNO/c9-7-5(10)2-1-4-3-6(12)11-8(4)7/h1-2H,3H2,(H,11,12). The lowest BCUT2D eigenvalue weighted by atomic mass is 10.1. The van der Waals surface area contributed by atoms with E-state index in [1.807, 2.05) is 0 Å². The van der Waals surface area contributed by atoms with E-state index in [-0.39, 0.29) is 17.4 Å². The third-order valence-corrected chi connectivity index (χ3v) is 2.17. The van der Waals surface area contributed by atoms with Crippen LogP contribution in [0.2, 0.25) is 5.02 Å². The Morgan fingerprint density at radius 1 is 1.50 bits per heavy atom. The average molecular weight is 186 g/mol. The molecule has 0 radical (unpaired) electrons. The number of carbonyl (C=O) groups is 1. The zero-order valence-electron chi connectivity index (χ0n) is 6.03. The third kappa shape index (κ3) is 0.975. The maximum absolute atomic E-state index is 12.8. The normalized spacial score (nSPS) is 14.3. The number of amides is 1. The van der Waals surface area contributed by atoms with Gasteiger partial charge in [-0.2, -0.15) is 0 Å². The molecule has 1 heterocycles. The summed E-state index contributed by atoms with van der Waals surface area (Å²) < 4.78 is 12.8. The van der Waals surface area contributed by atoms with Crippen LogP contribution in [0.15, 0.2) is 12.1 Å². The summed E-state index contributed by atoms with van der Waals surface area (Å²) in [7, 11) is 0. The van der Waals surface area contributed by atoms with Gasteiger partial charge in [0.2, 0.25) is 5.91 Å². The Kier molecular flexibility index (Phi) is 1.54. The third-order valence-electron chi connectivity index (χ3n) is 1.80. The molecule has 0 aliphatic carbocycles. The SMILES string of the molecule is O=C1Cc2ccc(F)c(Cl)c2N1. The number of hydrogen-bond acceptors (Lipinski definition) is 1. The van der Waals surface area contributed by atoms with Crippen molar-refractivity contribution >= 4 is 23.2 Å². The monoisotopic (exact) mass is 185 g/mol. The van der Waals surface area contributed by atoms with Crippen LogP contribution in [-0.2, 0) is 11.2 Å². The summed E-state index contributed by atoms with van der Waals surface area (Å²) >= 11 is 5.61. The van der Waals surface area contributed by atoms with Gasteiger partial charge in [-0.15, -0.1) is 0 Å². The minimum Gasteiger partial charge on any atom is -0.324 e. The van der Waals surface area contributed by atoms with Crippen molar-refractivity contribution in [1.82, 2.24) is 0 Å². The lowest BCUT2D eigenvalue weighted by molar-refractivity contribution is -0.115. The largest absolute Gasteiger partial charge is 0.324 e. The minimum absolute atomic E-state index is 0.00153. The number of hydrogen-bond donors (Lipinski definition) is 1. The fraction of sp³-hybridized carbons (Fsp3) is 0.125. The van der Waals surface area contributed by atoms with Gasteiger partial charge in [0.05, 0.1) is 12.1 Å². The molecule has 0 unspecified atom stereocenters. The Bertz CT molecular complexity index is 364. The number of benzene rings is 1. The highest BCUT2D eigenvalue weighted by Crippen LogP contribution is 2.32. The molecule has 0 spiro atoms. The molecule has 1 aromatic carbocycles. The van der Waals surface area contributed by atoms with Gasteiger partial charge in [0, 0.05) is 0 Å². The van der Waals surface area contributed by atoms with Crippen LogP contribution in [-0.4, -0.2) is 5.91 Å². The molecule has 0 saturated carbocycles. The second kappa shape index (κ2) is 2.45. The molecule has 0 atom stereocenters. The first-order valence-electron chi connectivity index (χ1n) is 3.45. The van der Waals surface area contributed by atoms with Gasteiger partial charge in [-0.25, -0.2) is 4.39 Å². The first-order chi connectivity index (χ1) is 5.68. The molecular weight excluding hydrogens is 181 g/mol. The van der Waals surface area contributed by atoms with Gasteiger partial charge in [-0.3, -0.25) is 4.79 Å². The highest BCUT2D eigenvalue weighted by molar-refractivity contribution is 6.34. The number of rotatable bonds is 0. The van der Waals surface area contributed by atoms with Crippen molar-refractivity contribution in [3.8, 4) is 0 Å². The average Bonchev–Trinajstić information content (AvgIpc) is 2.39. The van der Waals surface area contributed by atoms with Crippen LogP contribution in [0.5, 0.6) is 0 Å². The number of anilines is 1. The molecule has 12 heavy (non-hydrogen) atoms. The Balaban J connectivity index is 2.61. The van der Waals surface area contributed by atoms with E-state index in [1.165, 1.54) is 6.07 Å². The molecule has 0 saturated heterocycles. The van der Waals surface area contributed by atoms with Gasteiger partial charge in [0.1, 0.15) is 10.8 Å². The molecule has 0 bridgehead atoms. The van der Waals surface area contributed by atoms with Gasteiger partial charge in [-0.1, -0.05) is 17.7 Å². The summed E-state index contributed by atoms with van der Waals surface area (Å²) in [4.78, 5) is 10.9. The van der Waals surface area contributed by atoms with Gasteiger partial charge in [0.25, 0.3) is 0 Å². The van der Waals surface area contributed by atoms with E-state index in [4.69, 9.17) is 11.6 Å². The van der Waals surface area contributed by atoms with Gasteiger partial charge in [-0.05, 0) is 11.6 Å². The Morgan fingerprint density at radius 3 is 3.00 bits per heavy atom. The van der Waals surface area contributed by atoms with Crippen LogP contribution in [0, 0.1) is 5.82 Å². The molecule has 2 nitrogen and oxygen atoms in total. The zero-order valence-corrected chi connectivity index (χ0v) is 6.78. The second-order valence-electron chi connectivity index (χ2n) is 2.62. The van der Waals surface area contributed by atoms with E-state index >= 15 is 0 Å². The van der Waals surface area contributed by atoms with E-state index < -0.39 is 5.82 Å². The van der Waals surface area contributed by atoms with Crippen molar-refractivity contribution in [2.75, 3.05) is 5.32 Å². The summed E-state index contributed by atoms with van der Waals surface area (Å²) in [5, 5.41) is 2.49. The van der Waals surface area contributed by atoms with Crippen molar-refractivity contribution in [2.45, 2.75) is 6.42 Å². The van der Waals surface area contributed by atoms with E-state index in [2.05, 4.69) is 5.32 Å². The number of halogens is 2. The van der Waals surface area contributed by atoms with E-state index in [1.54, 1.807) is 6.07 Å². The molecular formula is C8H5ClFNO. The Morgan fingerprint density at radius 2 is 2.25 bits per heavy atom. The Hall–Kier alpha value is -1.09. The maximum Gasteiger partial charge on any atom is 0.228 e. The molecule has 1 aromatic rings. The fourth-order valence-corrected chi connectivity index (χ4v) is 1.46. The second-order valence-corrected chi connectivity index (χ2v) is 3.00. The number of nitrogens with one attached hydrogen (secondary N) is 1. The van der Waals surface area contributed by atoms with Crippen LogP contribution in [0.1, 0.15) is 5.56 Å². The van der Waals surface area contributed by atoms with Crippen LogP contribution in [0.4, 0.5) is 10.1 Å². The first-order valence-corrected chi connectivity index (χ1v) is 3.83.